The van der Waals surface area contributed by atoms with Crippen LogP contribution in [-0.4, -0.2) is 90.5 Å². The summed E-state index contributed by atoms with van der Waals surface area (Å²) >= 11 is 8.55. The minimum atomic E-state index is -1.15. The Labute approximate surface area is 237 Å². The van der Waals surface area contributed by atoms with Crippen LogP contribution >= 0.6 is 23.4 Å². The SMILES string of the molecule is C=CC(=O)N1[C@H](C)CN(C2=NC(O)N3CC(OCOC)CSc4c(-c5ccc(F)cc5)c(Cl)cc2c43)C[C@@H]1C. The topological polar surface area (TPSA) is 77.8 Å². The molecule has 8 nitrogen and oxygen atoms in total. The van der Waals surface area contributed by atoms with Gasteiger partial charge in [-0.05, 0) is 43.7 Å². The largest absolute Gasteiger partial charge is 0.359 e. The van der Waals surface area contributed by atoms with Crippen LogP contribution < -0.4 is 4.90 Å². The van der Waals surface area contributed by atoms with Gasteiger partial charge in [0.05, 0.1) is 16.8 Å². The smallest absolute Gasteiger partial charge is 0.246 e. The van der Waals surface area contributed by atoms with E-state index in [2.05, 4.69) is 11.5 Å². The van der Waals surface area contributed by atoms with Crippen molar-refractivity contribution < 1.29 is 23.8 Å². The first-order valence-electron chi connectivity index (χ1n) is 12.8. The molecule has 1 N–H and O–H groups in total. The number of halogens is 2. The van der Waals surface area contributed by atoms with Crippen molar-refractivity contribution in [2.24, 2.45) is 4.99 Å². The number of benzene rings is 2. The van der Waals surface area contributed by atoms with Gasteiger partial charge >= 0.3 is 0 Å². The van der Waals surface area contributed by atoms with Crippen LogP contribution in [-0.2, 0) is 14.3 Å². The lowest BCUT2D eigenvalue weighted by molar-refractivity contribution is -0.132. The predicted octanol–water partition coefficient (Wildman–Crippen LogP) is 4.19. The first kappa shape index (κ1) is 27.9. The number of methoxy groups -OCH3 is 1. The van der Waals surface area contributed by atoms with E-state index in [1.165, 1.54) is 18.2 Å². The van der Waals surface area contributed by atoms with Crippen molar-refractivity contribution in [3.05, 3.63) is 59.4 Å². The van der Waals surface area contributed by atoms with E-state index in [9.17, 15) is 14.3 Å². The van der Waals surface area contributed by atoms with E-state index in [0.717, 1.165) is 27.3 Å². The van der Waals surface area contributed by atoms with Crippen molar-refractivity contribution in [1.82, 2.24) is 9.80 Å². The Bertz CT molecular complexity index is 1280. The summed E-state index contributed by atoms with van der Waals surface area (Å²) in [4.78, 5) is 23.9. The lowest BCUT2D eigenvalue weighted by Crippen LogP contribution is -2.60. The number of thioether (sulfide) groups is 1. The molecule has 11 heteroatoms. The number of anilines is 1. The summed E-state index contributed by atoms with van der Waals surface area (Å²) in [6.07, 6.45) is -0.0514. The molecular formula is C28H32ClFN4O4S. The van der Waals surface area contributed by atoms with E-state index in [-0.39, 0.29) is 36.7 Å². The first-order chi connectivity index (χ1) is 18.7. The number of aliphatic hydroxyl groups is 1. The fraction of sp³-hybridized carbons (Fsp3) is 0.429. The summed E-state index contributed by atoms with van der Waals surface area (Å²) in [7, 11) is 1.57. The molecule has 1 saturated heterocycles. The van der Waals surface area contributed by atoms with E-state index in [1.807, 2.05) is 29.7 Å². The van der Waals surface area contributed by atoms with E-state index < -0.39 is 6.35 Å². The Balaban J connectivity index is 1.61. The van der Waals surface area contributed by atoms with Crippen LogP contribution in [0, 0.1) is 5.82 Å². The molecule has 0 bridgehead atoms. The molecule has 0 spiro atoms. The number of ether oxygens (including phenoxy) is 2. The summed E-state index contributed by atoms with van der Waals surface area (Å²) in [6, 6.07) is 7.94. The van der Waals surface area contributed by atoms with Crippen molar-refractivity contribution in [1.29, 1.82) is 0 Å². The Morgan fingerprint density at radius 3 is 2.59 bits per heavy atom. The maximum atomic E-state index is 13.8. The quantitative estimate of drug-likeness (QED) is 0.424. The van der Waals surface area contributed by atoms with Crippen LogP contribution in [0.4, 0.5) is 10.1 Å². The number of rotatable bonds is 5. The molecule has 0 radical (unpaired) electrons. The number of piperazine rings is 1. The third kappa shape index (κ3) is 5.28. The van der Waals surface area contributed by atoms with Crippen LogP contribution in [0.5, 0.6) is 0 Å². The third-order valence-corrected chi connectivity index (χ3v) is 8.79. The van der Waals surface area contributed by atoms with Gasteiger partial charge in [0, 0.05) is 60.6 Å². The molecule has 3 aliphatic heterocycles. The molecule has 5 rings (SSSR count). The third-order valence-electron chi connectivity index (χ3n) is 7.27. The molecule has 0 aromatic heterocycles. The number of amides is 1. The normalized spacial score (nSPS) is 24.7. The Hall–Kier alpha value is -2.63. The van der Waals surface area contributed by atoms with Crippen molar-refractivity contribution in [3.63, 3.8) is 0 Å². The maximum Gasteiger partial charge on any atom is 0.246 e. The van der Waals surface area contributed by atoms with Crippen molar-refractivity contribution in [2.45, 2.75) is 43.3 Å². The number of carbonyl (C=O) groups is 1. The van der Waals surface area contributed by atoms with E-state index in [4.69, 9.17) is 26.1 Å². The van der Waals surface area contributed by atoms with Gasteiger partial charge in [-0.15, -0.1) is 11.8 Å². The van der Waals surface area contributed by atoms with Crippen LogP contribution in [0.25, 0.3) is 11.1 Å². The number of amidine groups is 1. The standard InChI is InChI=1S/C28H32ClFN4O4S/c1-5-23(35)34-16(2)11-32(12-17(34)3)27-21-10-22(29)24(18-6-8-19(30)9-7-18)26-25(21)33(28(36)31-27)13-20(14-39-26)38-15-37-4/h5-10,16-17,20,28,36H,1,11-15H2,2-4H3/t16-,17+,20?,28?. The average Bonchev–Trinajstić information content (AvgIpc) is 3.10. The fourth-order valence-electron chi connectivity index (χ4n) is 5.65. The highest BCUT2D eigenvalue weighted by molar-refractivity contribution is 7.99. The van der Waals surface area contributed by atoms with Gasteiger partial charge in [0.2, 0.25) is 12.3 Å². The lowest BCUT2D eigenvalue weighted by atomic mass is 9.98. The number of hydrogen-bond acceptors (Lipinski definition) is 8. The van der Waals surface area contributed by atoms with Crippen molar-refractivity contribution >= 4 is 40.8 Å². The minimum Gasteiger partial charge on any atom is -0.359 e. The molecule has 3 heterocycles. The van der Waals surface area contributed by atoms with Crippen molar-refractivity contribution in [2.75, 3.05) is 44.2 Å². The highest BCUT2D eigenvalue weighted by Crippen LogP contribution is 2.49. The van der Waals surface area contributed by atoms with E-state index in [0.29, 0.717) is 36.2 Å². The second kappa shape index (κ2) is 11.5. The molecule has 0 aliphatic carbocycles. The van der Waals surface area contributed by atoms with Gasteiger partial charge in [-0.3, -0.25) is 4.79 Å². The maximum absolute atomic E-state index is 13.8. The molecule has 1 amide bonds. The number of carbonyl (C=O) groups excluding carboxylic acids is 1. The van der Waals surface area contributed by atoms with Crippen LogP contribution in [0.3, 0.4) is 0 Å². The summed E-state index contributed by atoms with van der Waals surface area (Å²) in [6.45, 7) is 9.23. The molecule has 39 heavy (non-hydrogen) atoms. The first-order valence-corrected chi connectivity index (χ1v) is 14.2. The second-order valence-corrected chi connectivity index (χ2v) is 11.4. The molecular weight excluding hydrogens is 543 g/mol. The summed E-state index contributed by atoms with van der Waals surface area (Å²) < 4.78 is 24.8. The fourth-order valence-corrected chi connectivity index (χ4v) is 7.31. The predicted molar refractivity (Wildman–Crippen MR) is 152 cm³/mol. The van der Waals surface area contributed by atoms with Gasteiger partial charge in [0.15, 0.2) is 0 Å². The van der Waals surface area contributed by atoms with Gasteiger partial charge in [-0.25, -0.2) is 9.38 Å². The molecule has 208 valence electrons. The van der Waals surface area contributed by atoms with E-state index in [1.54, 1.807) is 31.0 Å². The van der Waals surface area contributed by atoms with Gasteiger partial charge in [0.1, 0.15) is 18.4 Å². The average molecular weight is 575 g/mol. The number of nitrogens with zero attached hydrogens (tertiary/aromatic N) is 4. The van der Waals surface area contributed by atoms with Crippen molar-refractivity contribution in [3.8, 4) is 11.1 Å². The molecule has 2 aromatic rings. The molecule has 2 aromatic carbocycles. The van der Waals surface area contributed by atoms with Gasteiger partial charge < -0.3 is 29.3 Å². The summed E-state index contributed by atoms with van der Waals surface area (Å²) in [5.74, 6) is 0.789. The molecule has 0 saturated carbocycles. The minimum absolute atomic E-state index is 0.0918. The number of aliphatic hydroxyl groups excluding tert-OH is 1. The van der Waals surface area contributed by atoms with Gasteiger partial charge in [-0.2, -0.15) is 0 Å². The Kier molecular flexibility index (Phi) is 8.21. The molecule has 2 unspecified atom stereocenters. The summed E-state index contributed by atoms with van der Waals surface area (Å²) in [5.41, 5.74) is 3.17. The highest BCUT2D eigenvalue weighted by Gasteiger charge is 2.40. The van der Waals surface area contributed by atoms with Gasteiger partial charge in [-0.1, -0.05) is 30.3 Å². The molecule has 1 fully saturated rings. The number of aliphatic imine (C=N–C) groups is 1. The Morgan fingerprint density at radius 1 is 1.26 bits per heavy atom. The lowest BCUT2D eigenvalue weighted by Gasteiger charge is -2.47. The zero-order valence-corrected chi connectivity index (χ0v) is 23.7. The Morgan fingerprint density at radius 2 is 1.95 bits per heavy atom. The van der Waals surface area contributed by atoms with Crippen LogP contribution in [0.15, 0.2) is 52.9 Å². The summed E-state index contributed by atoms with van der Waals surface area (Å²) in [5, 5.41) is 11.9. The zero-order valence-electron chi connectivity index (χ0n) is 22.1. The second-order valence-electron chi connectivity index (χ2n) is 9.98. The van der Waals surface area contributed by atoms with E-state index >= 15 is 0 Å². The van der Waals surface area contributed by atoms with Crippen LogP contribution in [0.1, 0.15) is 19.4 Å². The monoisotopic (exact) mass is 574 g/mol. The molecule has 4 atom stereocenters. The van der Waals surface area contributed by atoms with Crippen LogP contribution in [0.2, 0.25) is 5.02 Å². The zero-order chi connectivity index (χ0) is 27.8. The number of hydrogen-bond donors (Lipinski definition) is 1. The van der Waals surface area contributed by atoms with Gasteiger partial charge in [0.25, 0.3) is 0 Å². The molecule has 3 aliphatic rings. The highest BCUT2D eigenvalue weighted by atomic mass is 35.5.